The normalized spacial score (nSPS) is 15.0. The summed E-state index contributed by atoms with van der Waals surface area (Å²) in [5, 5.41) is 2.20. The summed E-state index contributed by atoms with van der Waals surface area (Å²) in [5.41, 5.74) is 2.27. The van der Waals surface area contributed by atoms with E-state index >= 15 is 0 Å². The number of carbonyl (C=O) groups excluding carboxylic acids is 5. The molecule has 0 aliphatic carbocycles. The highest BCUT2D eigenvalue weighted by Gasteiger charge is 2.40. The SMILES string of the molecule is C#C.COC(=O)c1ccc(OC(=O)N2C(=O)C[C@H]2/C=C/c2ccccc2)cc1.O=C1NC(=O)c2ccccc21. The van der Waals surface area contributed by atoms with Crippen molar-refractivity contribution in [1.82, 2.24) is 10.2 Å². The molecule has 1 atom stereocenters. The number of methoxy groups -OCH3 is 1. The molecule has 0 aromatic heterocycles. The van der Waals surface area contributed by atoms with E-state index in [1.165, 1.54) is 31.4 Å². The first-order valence-electron chi connectivity index (χ1n) is 11.6. The van der Waals surface area contributed by atoms with E-state index in [-0.39, 0.29) is 35.9 Å². The molecular formula is C30H24N2O7. The number of esters is 1. The fourth-order valence-electron chi connectivity index (χ4n) is 3.66. The van der Waals surface area contributed by atoms with Crippen LogP contribution >= 0.6 is 0 Å². The number of hydrogen-bond donors (Lipinski definition) is 1. The van der Waals surface area contributed by atoms with Crippen molar-refractivity contribution in [2.45, 2.75) is 12.5 Å². The summed E-state index contributed by atoms with van der Waals surface area (Å²) in [6, 6.07) is 21.9. The average molecular weight is 525 g/mol. The monoisotopic (exact) mass is 524 g/mol. The molecule has 39 heavy (non-hydrogen) atoms. The van der Waals surface area contributed by atoms with Crippen LogP contribution in [0.2, 0.25) is 0 Å². The standard InChI is InChI=1S/C20H17NO5.C8H5NO2.C2H2/c1-25-19(23)15-8-11-17(12-9-15)26-20(24)21-16(13-18(21)22)10-7-14-5-3-2-4-6-14;10-7-5-3-1-2-4-6(5)8(11)9-7;1-2/h2-12,16H,13H2,1H3;1-4H,(H,9,10,11);1-2H/b10-7+;;/t16-;;/m1../s1. The molecule has 2 heterocycles. The van der Waals surface area contributed by atoms with Crippen molar-refractivity contribution >= 4 is 35.9 Å². The third-order valence-electron chi connectivity index (χ3n) is 5.62. The predicted octanol–water partition coefficient (Wildman–Crippen LogP) is 4.11. The molecule has 0 unspecified atom stereocenters. The Labute approximate surface area is 225 Å². The van der Waals surface area contributed by atoms with Gasteiger partial charge in [0, 0.05) is 0 Å². The zero-order valence-electron chi connectivity index (χ0n) is 20.9. The van der Waals surface area contributed by atoms with Crippen LogP contribution in [-0.2, 0) is 9.53 Å². The summed E-state index contributed by atoms with van der Waals surface area (Å²) in [5.74, 6) is -1.12. The fraction of sp³-hybridized carbons (Fsp3) is 0.100. The molecule has 2 aliphatic rings. The summed E-state index contributed by atoms with van der Waals surface area (Å²) in [6.45, 7) is 0. The summed E-state index contributed by atoms with van der Waals surface area (Å²) in [6.07, 6.45) is 11.2. The molecule has 0 spiro atoms. The Balaban J connectivity index is 0.000000267. The maximum absolute atomic E-state index is 12.3. The molecule has 1 fully saturated rings. The molecular weight excluding hydrogens is 500 g/mol. The van der Waals surface area contributed by atoms with Crippen LogP contribution in [-0.4, -0.2) is 47.8 Å². The molecule has 0 bridgehead atoms. The molecule has 4 amide bonds. The highest BCUT2D eigenvalue weighted by atomic mass is 16.6. The number of nitrogens with zero attached hydrogens (tertiary/aromatic N) is 1. The number of benzene rings is 3. The molecule has 9 heteroatoms. The highest BCUT2D eigenvalue weighted by molar-refractivity contribution is 6.21. The number of amides is 4. The average Bonchev–Trinajstić information content (AvgIpc) is 3.26. The Bertz CT molecular complexity index is 1390. The van der Waals surface area contributed by atoms with E-state index in [9.17, 15) is 24.0 Å². The lowest BCUT2D eigenvalue weighted by atomic mass is 10.0. The van der Waals surface area contributed by atoms with Gasteiger partial charge < -0.3 is 9.47 Å². The molecule has 5 rings (SSSR count). The van der Waals surface area contributed by atoms with Crippen molar-refractivity contribution in [1.29, 1.82) is 0 Å². The van der Waals surface area contributed by atoms with E-state index in [1.54, 1.807) is 30.3 Å². The first-order chi connectivity index (χ1) is 18.9. The Kier molecular flexibility index (Phi) is 9.48. The second-order valence-corrected chi connectivity index (χ2v) is 8.02. The predicted molar refractivity (Wildman–Crippen MR) is 143 cm³/mol. The molecule has 0 radical (unpaired) electrons. The van der Waals surface area contributed by atoms with Gasteiger partial charge in [0.2, 0.25) is 5.91 Å². The topological polar surface area (TPSA) is 119 Å². The van der Waals surface area contributed by atoms with Gasteiger partial charge in [0.15, 0.2) is 0 Å². The van der Waals surface area contributed by atoms with Crippen molar-refractivity contribution in [2.75, 3.05) is 7.11 Å². The number of ether oxygens (including phenoxy) is 2. The van der Waals surface area contributed by atoms with Crippen molar-refractivity contribution in [3.63, 3.8) is 0 Å². The lowest BCUT2D eigenvalue weighted by Gasteiger charge is -2.35. The minimum Gasteiger partial charge on any atom is -0.465 e. The van der Waals surface area contributed by atoms with Crippen LogP contribution in [0.1, 0.15) is 43.1 Å². The van der Waals surface area contributed by atoms with E-state index < -0.39 is 12.1 Å². The lowest BCUT2D eigenvalue weighted by Crippen LogP contribution is -2.55. The van der Waals surface area contributed by atoms with Crippen LogP contribution in [0.25, 0.3) is 6.08 Å². The fourth-order valence-corrected chi connectivity index (χ4v) is 3.66. The van der Waals surface area contributed by atoms with Crippen molar-refractivity contribution in [3.8, 4) is 18.6 Å². The number of carbonyl (C=O) groups is 5. The first-order valence-corrected chi connectivity index (χ1v) is 11.6. The van der Waals surface area contributed by atoms with Crippen LogP contribution in [0.15, 0.2) is 84.9 Å². The van der Waals surface area contributed by atoms with Crippen LogP contribution in [0.3, 0.4) is 0 Å². The molecule has 196 valence electrons. The zero-order valence-corrected chi connectivity index (χ0v) is 20.9. The van der Waals surface area contributed by atoms with Gasteiger partial charge in [-0.3, -0.25) is 19.7 Å². The van der Waals surface area contributed by atoms with E-state index in [0.717, 1.165) is 10.5 Å². The number of fused-ring (bicyclic) bond motifs is 1. The summed E-state index contributed by atoms with van der Waals surface area (Å²) in [7, 11) is 1.29. The first kappa shape index (κ1) is 28.1. The summed E-state index contributed by atoms with van der Waals surface area (Å²) >= 11 is 0. The van der Waals surface area contributed by atoms with Crippen molar-refractivity contribution < 1.29 is 33.4 Å². The van der Waals surface area contributed by atoms with Gasteiger partial charge >= 0.3 is 12.1 Å². The van der Waals surface area contributed by atoms with Gasteiger partial charge in [-0.05, 0) is 42.0 Å². The van der Waals surface area contributed by atoms with E-state index in [1.807, 2.05) is 36.4 Å². The molecule has 2 aliphatic heterocycles. The van der Waals surface area contributed by atoms with E-state index in [2.05, 4.69) is 22.9 Å². The van der Waals surface area contributed by atoms with Gasteiger partial charge in [0.1, 0.15) is 5.75 Å². The highest BCUT2D eigenvalue weighted by Crippen LogP contribution is 2.24. The second kappa shape index (κ2) is 13.2. The third kappa shape index (κ3) is 6.84. The van der Waals surface area contributed by atoms with Crippen LogP contribution < -0.4 is 10.1 Å². The Morgan fingerprint density at radius 2 is 1.44 bits per heavy atom. The van der Waals surface area contributed by atoms with Gasteiger partial charge in [-0.25, -0.2) is 14.5 Å². The molecule has 1 N–H and O–H groups in total. The van der Waals surface area contributed by atoms with Gasteiger partial charge in [-0.15, -0.1) is 12.8 Å². The number of imide groups is 2. The third-order valence-corrected chi connectivity index (χ3v) is 5.62. The largest absolute Gasteiger partial charge is 0.465 e. The Morgan fingerprint density at radius 1 is 0.872 bits per heavy atom. The number of hydrogen-bond acceptors (Lipinski definition) is 7. The van der Waals surface area contributed by atoms with Crippen LogP contribution in [0, 0.1) is 12.8 Å². The number of rotatable bonds is 4. The number of nitrogens with one attached hydrogen (secondary N) is 1. The lowest BCUT2D eigenvalue weighted by molar-refractivity contribution is -0.139. The van der Waals surface area contributed by atoms with Crippen molar-refractivity contribution in [3.05, 3.63) is 107 Å². The maximum Gasteiger partial charge on any atom is 0.422 e. The van der Waals surface area contributed by atoms with Gasteiger partial charge in [-0.2, -0.15) is 0 Å². The van der Waals surface area contributed by atoms with E-state index in [0.29, 0.717) is 16.7 Å². The quantitative estimate of drug-likeness (QED) is 0.236. The number of terminal acetylenes is 1. The Morgan fingerprint density at radius 3 is 1.97 bits per heavy atom. The number of β-lactam (4-membered cyclic amide) rings is 1. The minimum atomic E-state index is -0.741. The zero-order chi connectivity index (χ0) is 28.4. The minimum absolute atomic E-state index is 0.244. The molecule has 3 aromatic rings. The summed E-state index contributed by atoms with van der Waals surface area (Å²) < 4.78 is 9.83. The molecule has 3 aromatic carbocycles. The molecule has 1 saturated heterocycles. The second-order valence-electron chi connectivity index (χ2n) is 8.02. The molecule has 0 saturated carbocycles. The van der Waals surface area contributed by atoms with Gasteiger partial charge in [-0.1, -0.05) is 54.6 Å². The van der Waals surface area contributed by atoms with Gasteiger partial charge in [0.05, 0.1) is 36.3 Å². The van der Waals surface area contributed by atoms with Crippen LogP contribution in [0.4, 0.5) is 4.79 Å². The Hall–Kier alpha value is -5.49. The van der Waals surface area contributed by atoms with Gasteiger partial charge in [0.25, 0.3) is 11.8 Å². The summed E-state index contributed by atoms with van der Waals surface area (Å²) in [4.78, 5) is 58.4. The van der Waals surface area contributed by atoms with Crippen molar-refractivity contribution in [2.24, 2.45) is 0 Å². The maximum atomic E-state index is 12.3. The van der Waals surface area contributed by atoms with E-state index in [4.69, 9.17) is 4.74 Å². The van der Waals surface area contributed by atoms with Crippen LogP contribution in [0.5, 0.6) is 5.75 Å². The number of likely N-dealkylation sites (tertiary alicyclic amines) is 1. The smallest absolute Gasteiger partial charge is 0.422 e. The molecule has 9 nitrogen and oxygen atoms in total.